The number of nitrogens with zero attached hydrogens (tertiary/aromatic N) is 3. The first-order valence-electron chi connectivity index (χ1n) is 12.8. The third kappa shape index (κ3) is 4.99. The molecule has 0 spiro atoms. The summed E-state index contributed by atoms with van der Waals surface area (Å²) in [5, 5.41) is 30.5. The van der Waals surface area contributed by atoms with Crippen LogP contribution in [-0.4, -0.2) is 38.7 Å². The van der Waals surface area contributed by atoms with Gasteiger partial charge in [-0.3, -0.25) is 14.5 Å². The number of aromatic hydroxyl groups is 1. The Morgan fingerprint density at radius 3 is 2.67 bits per heavy atom. The van der Waals surface area contributed by atoms with Crippen LogP contribution in [0, 0.1) is 5.82 Å². The van der Waals surface area contributed by atoms with Gasteiger partial charge in [-0.2, -0.15) is 0 Å². The van der Waals surface area contributed by atoms with Gasteiger partial charge in [0.1, 0.15) is 11.4 Å². The summed E-state index contributed by atoms with van der Waals surface area (Å²) in [6.45, 7) is 2.01. The SMILES string of the molecule is CCOc1cc(C2C(C(=O)c3cc4ccccc4o3)=C(O)C(=O)N2c2nnc(SCc3ccccc3F)s2)ccc1O. The minimum atomic E-state index is -1.14. The number of hydrogen-bond acceptors (Lipinski definition) is 10. The maximum absolute atomic E-state index is 14.1. The lowest BCUT2D eigenvalue weighted by molar-refractivity contribution is -0.117. The number of phenols is 1. The molecule has 1 aliphatic rings. The first kappa shape index (κ1) is 27.5. The lowest BCUT2D eigenvalue weighted by Crippen LogP contribution is -2.31. The fourth-order valence-electron chi connectivity index (χ4n) is 4.66. The molecule has 1 atom stereocenters. The molecule has 9 nitrogen and oxygen atoms in total. The maximum atomic E-state index is 14.1. The van der Waals surface area contributed by atoms with E-state index in [1.165, 1.54) is 40.9 Å². The Morgan fingerprint density at radius 1 is 1.10 bits per heavy atom. The van der Waals surface area contributed by atoms with Crippen molar-refractivity contribution in [2.24, 2.45) is 0 Å². The number of carbonyl (C=O) groups is 2. The zero-order valence-electron chi connectivity index (χ0n) is 22.0. The number of ether oxygens (including phenoxy) is 1. The number of aliphatic hydroxyl groups excluding tert-OH is 1. The van der Waals surface area contributed by atoms with E-state index < -0.39 is 23.5 Å². The number of furan rings is 1. The average Bonchev–Trinajstić information content (AvgIpc) is 3.70. The number of carbonyl (C=O) groups excluding carboxylic acids is 2. The molecule has 5 aromatic rings. The number of rotatable bonds is 9. The molecule has 3 aromatic carbocycles. The average molecular weight is 604 g/mol. The highest BCUT2D eigenvalue weighted by Gasteiger charge is 2.47. The Bertz CT molecular complexity index is 1830. The summed E-state index contributed by atoms with van der Waals surface area (Å²) >= 11 is 2.30. The standard InChI is InChI=1S/C30H22FN3O6S2/c1-2-39-22-14-17(11-12-20(22)35)25-24(26(36)23-13-16-7-4-6-10-21(16)40-23)27(37)28(38)34(25)29-32-33-30(42-29)41-15-18-8-3-5-9-19(18)31/h3-14,25,35,37H,2,15H2,1H3. The molecule has 212 valence electrons. The van der Waals surface area contributed by atoms with Crippen molar-refractivity contribution >= 4 is 50.9 Å². The highest BCUT2D eigenvalue weighted by atomic mass is 32.2. The van der Waals surface area contributed by atoms with Crippen LogP contribution < -0.4 is 9.64 Å². The van der Waals surface area contributed by atoms with Gasteiger partial charge in [0.05, 0.1) is 18.2 Å². The van der Waals surface area contributed by atoms with Crippen LogP contribution in [0.15, 0.2) is 92.9 Å². The molecule has 12 heteroatoms. The fourth-order valence-corrected chi connectivity index (χ4v) is 6.52. The second-order valence-electron chi connectivity index (χ2n) is 9.21. The van der Waals surface area contributed by atoms with E-state index in [2.05, 4.69) is 10.2 Å². The number of benzene rings is 3. The summed E-state index contributed by atoms with van der Waals surface area (Å²) in [7, 11) is 0. The first-order valence-corrected chi connectivity index (χ1v) is 14.6. The zero-order chi connectivity index (χ0) is 29.4. The molecule has 3 heterocycles. The van der Waals surface area contributed by atoms with E-state index in [1.807, 2.05) is 0 Å². The van der Waals surface area contributed by atoms with Crippen molar-refractivity contribution in [3.05, 3.63) is 107 Å². The van der Waals surface area contributed by atoms with E-state index in [0.29, 0.717) is 26.4 Å². The van der Waals surface area contributed by atoms with Crippen LogP contribution in [0.4, 0.5) is 9.52 Å². The minimum Gasteiger partial charge on any atom is -0.504 e. The Labute approximate surface area is 246 Å². The van der Waals surface area contributed by atoms with Gasteiger partial charge in [-0.1, -0.05) is 65.6 Å². The molecule has 1 unspecified atom stereocenters. The molecule has 0 bridgehead atoms. The van der Waals surface area contributed by atoms with Crippen molar-refractivity contribution in [2.45, 2.75) is 23.1 Å². The summed E-state index contributed by atoms with van der Waals surface area (Å²) in [5.41, 5.74) is 1.12. The molecular weight excluding hydrogens is 581 g/mol. The molecule has 0 saturated heterocycles. The van der Waals surface area contributed by atoms with E-state index in [4.69, 9.17) is 9.15 Å². The smallest absolute Gasteiger partial charge is 0.296 e. The lowest BCUT2D eigenvalue weighted by Gasteiger charge is -2.24. The van der Waals surface area contributed by atoms with E-state index in [0.717, 1.165) is 11.3 Å². The van der Waals surface area contributed by atoms with Crippen molar-refractivity contribution in [3.63, 3.8) is 0 Å². The molecule has 0 aliphatic carbocycles. The minimum absolute atomic E-state index is 0.0559. The number of anilines is 1. The van der Waals surface area contributed by atoms with Crippen LogP contribution >= 0.6 is 23.1 Å². The molecular formula is C30H22FN3O6S2. The molecule has 42 heavy (non-hydrogen) atoms. The van der Waals surface area contributed by atoms with Gasteiger partial charge in [-0.15, -0.1) is 10.2 Å². The van der Waals surface area contributed by atoms with Gasteiger partial charge in [-0.25, -0.2) is 4.39 Å². The van der Waals surface area contributed by atoms with Crippen LogP contribution in [0.2, 0.25) is 0 Å². The number of halogens is 1. The number of hydrogen-bond donors (Lipinski definition) is 2. The highest BCUT2D eigenvalue weighted by Crippen LogP contribution is 2.45. The zero-order valence-corrected chi connectivity index (χ0v) is 23.6. The molecule has 0 fully saturated rings. The number of amides is 1. The monoisotopic (exact) mass is 603 g/mol. The summed E-state index contributed by atoms with van der Waals surface area (Å²) < 4.78 is 25.9. The molecule has 1 aliphatic heterocycles. The lowest BCUT2D eigenvalue weighted by atomic mass is 9.95. The number of aromatic nitrogens is 2. The number of Topliss-reactive ketones (excluding diaryl/α,β-unsaturated/α-hetero) is 1. The fraction of sp³-hybridized carbons (Fsp3) is 0.133. The number of fused-ring (bicyclic) bond motifs is 1. The van der Waals surface area contributed by atoms with Gasteiger partial charge in [0.15, 0.2) is 27.4 Å². The number of para-hydroxylation sites is 1. The quantitative estimate of drug-likeness (QED) is 0.109. The van der Waals surface area contributed by atoms with Gasteiger partial charge in [-0.05, 0) is 48.4 Å². The third-order valence-corrected chi connectivity index (χ3v) is 8.72. The predicted molar refractivity (Wildman–Crippen MR) is 156 cm³/mol. The Hall–Kier alpha value is -4.68. The van der Waals surface area contributed by atoms with Gasteiger partial charge < -0.3 is 19.4 Å². The molecule has 2 N–H and O–H groups in total. The number of thioether (sulfide) groups is 1. The van der Waals surface area contributed by atoms with E-state index >= 15 is 0 Å². The Morgan fingerprint density at radius 2 is 1.88 bits per heavy atom. The van der Waals surface area contributed by atoms with Crippen molar-refractivity contribution in [1.29, 1.82) is 0 Å². The topological polar surface area (TPSA) is 126 Å². The first-order chi connectivity index (χ1) is 20.4. The van der Waals surface area contributed by atoms with Crippen LogP contribution in [0.3, 0.4) is 0 Å². The van der Waals surface area contributed by atoms with E-state index in [1.54, 1.807) is 55.5 Å². The Balaban J connectivity index is 1.40. The van der Waals surface area contributed by atoms with Gasteiger partial charge in [0, 0.05) is 11.1 Å². The van der Waals surface area contributed by atoms with Crippen LogP contribution in [0.25, 0.3) is 11.0 Å². The van der Waals surface area contributed by atoms with Crippen molar-refractivity contribution in [1.82, 2.24) is 10.2 Å². The van der Waals surface area contributed by atoms with Gasteiger partial charge >= 0.3 is 0 Å². The van der Waals surface area contributed by atoms with E-state index in [9.17, 15) is 24.2 Å². The number of ketones is 1. The second kappa shape index (κ2) is 11.3. The molecule has 0 saturated carbocycles. The van der Waals surface area contributed by atoms with Crippen molar-refractivity contribution in [2.75, 3.05) is 11.5 Å². The van der Waals surface area contributed by atoms with Crippen LogP contribution in [-0.2, 0) is 10.5 Å². The second-order valence-corrected chi connectivity index (χ2v) is 11.4. The molecule has 0 radical (unpaired) electrons. The Kier molecular flexibility index (Phi) is 7.40. The summed E-state index contributed by atoms with van der Waals surface area (Å²) in [4.78, 5) is 28.6. The summed E-state index contributed by atoms with van der Waals surface area (Å²) in [6, 6.07) is 18.3. The molecule has 6 rings (SSSR count). The normalized spacial score (nSPS) is 15.1. The van der Waals surface area contributed by atoms with Crippen LogP contribution in [0.5, 0.6) is 11.5 Å². The number of phenolic OH excluding ortho intramolecular Hbond substituents is 1. The molecule has 1 amide bonds. The van der Waals surface area contributed by atoms with Crippen molar-refractivity contribution < 1.29 is 33.3 Å². The third-order valence-electron chi connectivity index (χ3n) is 6.61. The van der Waals surface area contributed by atoms with Gasteiger partial charge in [0.2, 0.25) is 10.9 Å². The van der Waals surface area contributed by atoms with Gasteiger partial charge in [0.25, 0.3) is 5.91 Å². The summed E-state index contributed by atoms with van der Waals surface area (Å²) in [5.74, 6) is -2.40. The predicted octanol–water partition coefficient (Wildman–Crippen LogP) is 6.60. The maximum Gasteiger partial charge on any atom is 0.296 e. The summed E-state index contributed by atoms with van der Waals surface area (Å²) in [6.07, 6.45) is 0. The molecule has 2 aromatic heterocycles. The van der Waals surface area contributed by atoms with Crippen molar-refractivity contribution in [3.8, 4) is 11.5 Å². The number of aliphatic hydroxyl groups is 1. The largest absolute Gasteiger partial charge is 0.504 e. The van der Waals surface area contributed by atoms with Crippen LogP contribution in [0.1, 0.15) is 34.6 Å². The highest BCUT2D eigenvalue weighted by molar-refractivity contribution is 8.00. The van der Waals surface area contributed by atoms with E-state index in [-0.39, 0.29) is 46.1 Å².